The minimum absolute atomic E-state index is 0.0868. The van der Waals surface area contributed by atoms with Crippen LogP contribution in [-0.4, -0.2) is 35.0 Å². The average molecular weight is 354 g/mol. The van der Waals surface area contributed by atoms with E-state index in [1.54, 1.807) is 18.3 Å². The molecule has 1 saturated heterocycles. The van der Waals surface area contributed by atoms with Gasteiger partial charge in [0.25, 0.3) is 5.91 Å². The van der Waals surface area contributed by atoms with Crippen LogP contribution in [0.25, 0.3) is 10.2 Å². The number of amides is 1. The Balaban J connectivity index is 1.51. The topological polar surface area (TPSA) is 105 Å². The number of nitrogens with one attached hydrogen (secondary N) is 3. The molecule has 0 bridgehead atoms. The van der Waals surface area contributed by atoms with Gasteiger partial charge in [0.15, 0.2) is 5.13 Å². The van der Waals surface area contributed by atoms with Gasteiger partial charge in [0.05, 0.1) is 10.2 Å². The standard InChI is InChI=1S/C17H18N6OS/c18-11-1-2-13-14(8-11)25-17(22-13)23-15-7-10(3-6-20-15)16(24)21-12-4-5-19-9-12/h1-3,6-8,12,19H,4-5,9,18H2,(H,21,24)(H,20,22,23)/t12-/m0/s1. The van der Waals surface area contributed by atoms with Gasteiger partial charge in [-0.15, -0.1) is 0 Å². The van der Waals surface area contributed by atoms with Crippen LogP contribution in [0.2, 0.25) is 0 Å². The molecule has 2 aromatic heterocycles. The molecule has 25 heavy (non-hydrogen) atoms. The molecule has 1 fully saturated rings. The predicted molar refractivity (Wildman–Crippen MR) is 100 cm³/mol. The molecule has 1 amide bonds. The summed E-state index contributed by atoms with van der Waals surface area (Å²) < 4.78 is 1.00. The lowest BCUT2D eigenvalue weighted by Gasteiger charge is -2.11. The highest BCUT2D eigenvalue weighted by Gasteiger charge is 2.18. The number of nitrogens with two attached hydrogens (primary N) is 1. The highest BCUT2D eigenvalue weighted by Crippen LogP contribution is 2.29. The van der Waals surface area contributed by atoms with Crippen molar-refractivity contribution < 1.29 is 4.79 Å². The molecule has 128 valence electrons. The number of nitrogen functional groups attached to an aromatic ring is 1. The molecule has 8 heteroatoms. The maximum Gasteiger partial charge on any atom is 0.251 e. The monoisotopic (exact) mass is 354 g/mol. The van der Waals surface area contributed by atoms with E-state index < -0.39 is 0 Å². The van der Waals surface area contributed by atoms with Crippen LogP contribution in [0.1, 0.15) is 16.8 Å². The summed E-state index contributed by atoms with van der Waals surface area (Å²) in [5, 5.41) is 10.1. The maximum atomic E-state index is 12.4. The van der Waals surface area contributed by atoms with Crippen LogP contribution >= 0.6 is 11.3 Å². The second kappa shape index (κ2) is 6.66. The molecule has 0 aliphatic carbocycles. The number of thiazole rings is 1. The van der Waals surface area contributed by atoms with Crippen LogP contribution in [0.4, 0.5) is 16.6 Å². The Morgan fingerprint density at radius 1 is 1.32 bits per heavy atom. The molecule has 0 radical (unpaired) electrons. The minimum atomic E-state index is -0.0868. The molecule has 3 heterocycles. The lowest BCUT2D eigenvalue weighted by Crippen LogP contribution is -2.36. The zero-order valence-corrected chi connectivity index (χ0v) is 14.3. The summed E-state index contributed by atoms with van der Waals surface area (Å²) in [6.45, 7) is 1.76. The fraction of sp³-hybridized carbons (Fsp3) is 0.235. The van der Waals surface area contributed by atoms with Gasteiger partial charge in [0.2, 0.25) is 0 Å². The minimum Gasteiger partial charge on any atom is -0.399 e. The van der Waals surface area contributed by atoms with Crippen molar-refractivity contribution in [2.45, 2.75) is 12.5 Å². The SMILES string of the molecule is Nc1ccc2nc(Nc3cc(C(=O)N[C@H]4CCNC4)ccn3)sc2c1. The molecule has 1 aliphatic heterocycles. The van der Waals surface area contributed by atoms with Gasteiger partial charge in [-0.3, -0.25) is 4.79 Å². The van der Waals surface area contributed by atoms with Crippen molar-refractivity contribution in [2.24, 2.45) is 0 Å². The average Bonchev–Trinajstić information content (AvgIpc) is 3.24. The normalized spacial score (nSPS) is 16.9. The van der Waals surface area contributed by atoms with Crippen molar-refractivity contribution in [2.75, 3.05) is 24.1 Å². The number of rotatable bonds is 4. The van der Waals surface area contributed by atoms with E-state index in [1.165, 1.54) is 11.3 Å². The fourth-order valence-corrected chi connectivity index (χ4v) is 3.71. The van der Waals surface area contributed by atoms with Gasteiger partial charge in [-0.1, -0.05) is 11.3 Å². The van der Waals surface area contributed by atoms with Gasteiger partial charge in [-0.25, -0.2) is 9.97 Å². The summed E-state index contributed by atoms with van der Waals surface area (Å²) in [5.41, 5.74) is 7.97. The maximum absolute atomic E-state index is 12.4. The Morgan fingerprint density at radius 3 is 3.08 bits per heavy atom. The molecule has 4 rings (SSSR count). The van der Waals surface area contributed by atoms with E-state index >= 15 is 0 Å². The summed E-state index contributed by atoms with van der Waals surface area (Å²) in [4.78, 5) is 21.1. The lowest BCUT2D eigenvalue weighted by atomic mass is 10.2. The van der Waals surface area contributed by atoms with Crippen molar-refractivity contribution in [1.29, 1.82) is 0 Å². The van der Waals surface area contributed by atoms with Crippen LogP contribution < -0.4 is 21.7 Å². The Labute approximate surface area is 148 Å². The number of nitrogens with zero attached hydrogens (tertiary/aromatic N) is 2. The molecule has 0 saturated carbocycles. The van der Waals surface area contributed by atoms with Crippen molar-refractivity contribution >= 4 is 44.1 Å². The third kappa shape index (κ3) is 3.54. The van der Waals surface area contributed by atoms with Crippen molar-refractivity contribution in [1.82, 2.24) is 20.6 Å². The van der Waals surface area contributed by atoms with E-state index in [-0.39, 0.29) is 11.9 Å². The van der Waals surface area contributed by atoms with Gasteiger partial charge in [0.1, 0.15) is 5.82 Å². The van der Waals surface area contributed by atoms with Crippen LogP contribution in [0.3, 0.4) is 0 Å². The van der Waals surface area contributed by atoms with Gasteiger partial charge in [0, 0.05) is 30.0 Å². The van der Waals surface area contributed by atoms with Gasteiger partial charge in [-0.05, 0) is 43.3 Å². The largest absolute Gasteiger partial charge is 0.399 e. The molecule has 1 aliphatic rings. The molecule has 1 aromatic carbocycles. The molecular weight excluding hydrogens is 336 g/mol. The van der Waals surface area contributed by atoms with Crippen LogP contribution in [-0.2, 0) is 0 Å². The summed E-state index contributed by atoms with van der Waals surface area (Å²) >= 11 is 1.50. The third-order valence-electron chi connectivity index (χ3n) is 4.07. The highest BCUT2D eigenvalue weighted by atomic mass is 32.1. The van der Waals surface area contributed by atoms with E-state index in [9.17, 15) is 4.79 Å². The van der Waals surface area contributed by atoms with Gasteiger partial charge in [-0.2, -0.15) is 0 Å². The first-order valence-electron chi connectivity index (χ1n) is 8.08. The first-order valence-corrected chi connectivity index (χ1v) is 8.90. The smallest absolute Gasteiger partial charge is 0.251 e. The molecule has 0 unspecified atom stereocenters. The number of hydrogen-bond donors (Lipinski definition) is 4. The summed E-state index contributed by atoms with van der Waals surface area (Å²) in [6, 6.07) is 9.24. The Bertz CT molecular complexity index is 918. The van der Waals surface area contributed by atoms with Crippen molar-refractivity contribution in [3.05, 3.63) is 42.1 Å². The zero-order chi connectivity index (χ0) is 17.2. The lowest BCUT2D eigenvalue weighted by molar-refractivity contribution is 0.0940. The molecule has 5 N–H and O–H groups in total. The number of anilines is 3. The number of fused-ring (bicyclic) bond motifs is 1. The number of pyridine rings is 1. The van der Waals surface area contributed by atoms with Crippen molar-refractivity contribution in [3.63, 3.8) is 0 Å². The second-order valence-electron chi connectivity index (χ2n) is 5.96. The van der Waals surface area contributed by atoms with Crippen LogP contribution in [0.5, 0.6) is 0 Å². The van der Waals surface area contributed by atoms with E-state index in [2.05, 4.69) is 25.9 Å². The van der Waals surface area contributed by atoms with E-state index in [0.717, 1.165) is 29.7 Å². The van der Waals surface area contributed by atoms with Gasteiger partial charge < -0.3 is 21.7 Å². The van der Waals surface area contributed by atoms with E-state index in [0.29, 0.717) is 22.2 Å². The zero-order valence-electron chi connectivity index (χ0n) is 13.5. The second-order valence-corrected chi connectivity index (χ2v) is 6.99. The fourth-order valence-electron chi connectivity index (χ4n) is 2.79. The van der Waals surface area contributed by atoms with Crippen LogP contribution in [0.15, 0.2) is 36.5 Å². The number of benzene rings is 1. The summed E-state index contributed by atoms with van der Waals surface area (Å²) in [7, 11) is 0. The number of carbonyl (C=O) groups excluding carboxylic acids is 1. The quantitative estimate of drug-likeness (QED) is 0.535. The highest BCUT2D eigenvalue weighted by molar-refractivity contribution is 7.22. The molecule has 1 atom stereocenters. The Morgan fingerprint density at radius 2 is 2.24 bits per heavy atom. The van der Waals surface area contributed by atoms with Crippen molar-refractivity contribution in [3.8, 4) is 0 Å². The summed E-state index contributed by atoms with van der Waals surface area (Å²) in [6.07, 6.45) is 2.58. The predicted octanol–water partition coefficient (Wildman–Crippen LogP) is 2.11. The van der Waals surface area contributed by atoms with Crippen LogP contribution in [0, 0.1) is 0 Å². The first-order chi connectivity index (χ1) is 12.2. The summed E-state index contributed by atoms with van der Waals surface area (Å²) in [5.74, 6) is 0.500. The number of carbonyl (C=O) groups is 1. The van der Waals surface area contributed by atoms with E-state index in [1.807, 2.05) is 18.2 Å². The van der Waals surface area contributed by atoms with Gasteiger partial charge >= 0.3 is 0 Å². The molecule has 3 aromatic rings. The Kier molecular flexibility index (Phi) is 4.21. The number of aromatic nitrogens is 2. The Hall–Kier alpha value is -2.71. The molecule has 0 spiro atoms. The van der Waals surface area contributed by atoms with E-state index in [4.69, 9.17) is 5.73 Å². The first kappa shape index (κ1) is 15.8. The molecular formula is C17H18N6OS. The molecule has 7 nitrogen and oxygen atoms in total. The third-order valence-corrected chi connectivity index (χ3v) is 5.00. The number of hydrogen-bond acceptors (Lipinski definition) is 7.